The van der Waals surface area contributed by atoms with Crippen molar-refractivity contribution < 1.29 is 27.4 Å². The van der Waals surface area contributed by atoms with Crippen LogP contribution in [0.15, 0.2) is 72.6 Å². The smallest absolute Gasteiger partial charge is 0.343 e. The van der Waals surface area contributed by atoms with Crippen LogP contribution in [0.25, 0.3) is 11.1 Å². The highest BCUT2D eigenvalue weighted by Gasteiger charge is 2.18. The van der Waals surface area contributed by atoms with E-state index in [0.717, 1.165) is 29.2 Å². The number of halogens is 3. The molecule has 0 saturated carbocycles. The molecule has 0 saturated heterocycles. The van der Waals surface area contributed by atoms with Gasteiger partial charge in [0.05, 0.1) is 18.0 Å². The molecule has 0 radical (unpaired) electrons. The van der Waals surface area contributed by atoms with E-state index in [1.165, 1.54) is 13.0 Å². The van der Waals surface area contributed by atoms with Gasteiger partial charge in [-0.3, -0.25) is 0 Å². The Balaban J connectivity index is 1.67. The van der Waals surface area contributed by atoms with Gasteiger partial charge in [0.1, 0.15) is 0 Å². The molecule has 166 valence electrons. The maximum atomic E-state index is 14.1. The Kier molecular flexibility index (Phi) is 7.71. The van der Waals surface area contributed by atoms with Gasteiger partial charge in [0.2, 0.25) is 11.6 Å². The minimum Gasteiger partial charge on any atom is -0.491 e. The van der Waals surface area contributed by atoms with Crippen molar-refractivity contribution in [1.29, 1.82) is 0 Å². The van der Waals surface area contributed by atoms with Gasteiger partial charge >= 0.3 is 5.97 Å². The molecule has 0 aliphatic carbocycles. The summed E-state index contributed by atoms with van der Waals surface area (Å²) < 4.78 is 50.9. The Hall–Kier alpha value is -3.54. The van der Waals surface area contributed by atoms with E-state index in [1.54, 1.807) is 37.3 Å². The van der Waals surface area contributed by atoms with Crippen molar-refractivity contribution in [1.82, 2.24) is 0 Å². The quantitative estimate of drug-likeness (QED) is 0.278. The molecule has 0 amide bonds. The van der Waals surface area contributed by atoms with Gasteiger partial charge in [-0.15, -0.1) is 0 Å². The van der Waals surface area contributed by atoms with Crippen molar-refractivity contribution in [2.45, 2.75) is 26.7 Å². The number of rotatable bonds is 8. The third kappa shape index (κ3) is 5.78. The van der Waals surface area contributed by atoms with Crippen molar-refractivity contribution in [2.75, 3.05) is 6.61 Å². The molecule has 0 aliphatic rings. The van der Waals surface area contributed by atoms with Gasteiger partial charge in [-0.1, -0.05) is 42.5 Å². The maximum absolute atomic E-state index is 14.1. The zero-order chi connectivity index (χ0) is 23.1. The molecule has 3 nitrogen and oxygen atoms in total. The van der Waals surface area contributed by atoms with Crippen LogP contribution >= 0.6 is 0 Å². The molecule has 3 aromatic rings. The summed E-state index contributed by atoms with van der Waals surface area (Å²) in [5, 5.41) is 0. The zero-order valence-electron chi connectivity index (χ0n) is 17.8. The van der Waals surface area contributed by atoms with Crippen molar-refractivity contribution in [3.63, 3.8) is 0 Å². The Labute approximate surface area is 185 Å². The number of benzene rings is 3. The lowest BCUT2D eigenvalue weighted by molar-refractivity contribution is 0.0726. The first-order chi connectivity index (χ1) is 15.4. The average molecular weight is 440 g/mol. The fourth-order valence-electron chi connectivity index (χ4n) is 3.12. The van der Waals surface area contributed by atoms with Gasteiger partial charge in [0.15, 0.2) is 11.5 Å². The van der Waals surface area contributed by atoms with Crippen LogP contribution in [-0.4, -0.2) is 12.6 Å². The van der Waals surface area contributed by atoms with Crippen LogP contribution in [0.3, 0.4) is 0 Å². The Morgan fingerprint density at radius 3 is 2.03 bits per heavy atom. The molecule has 0 atom stereocenters. The van der Waals surface area contributed by atoms with E-state index in [4.69, 9.17) is 9.47 Å². The van der Waals surface area contributed by atoms with Crippen molar-refractivity contribution in [2.24, 2.45) is 0 Å². The summed E-state index contributed by atoms with van der Waals surface area (Å²) in [6, 6.07) is 16.8. The summed E-state index contributed by atoms with van der Waals surface area (Å²) in [5.74, 6) is -4.21. The summed E-state index contributed by atoms with van der Waals surface area (Å²) in [6.07, 6.45) is 2.94. The molecule has 0 aromatic heterocycles. The third-order valence-corrected chi connectivity index (χ3v) is 4.78. The van der Waals surface area contributed by atoms with Gasteiger partial charge in [-0.2, -0.15) is 8.78 Å². The molecule has 6 heteroatoms. The van der Waals surface area contributed by atoms with Crippen molar-refractivity contribution in [3.05, 3.63) is 95.3 Å². The van der Waals surface area contributed by atoms with E-state index >= 15 is 0 Å². The Bertz CT molecular complexity index is 1100. The van der Waals surface area contributed by atoms with Gasteiger partial charge in [0.25, 0.3) is 0 Å². The van der Waals surface area contributed by atoms with Crippen LogP contribution in [0, 0.1) is 11.6 Å². The maximum Gasteiger partial charge on any atom is 0.343 e. The molecular weight excluding hydrogens is 417 g/mol. The fraction of sp³-hybridized carbons (Fsp3) is 0.192. The minimum atomic E-state index is -1.28. The molecule has 3 rings (SSSR count). The summed E-state index contributed by atoms with van der Waals surface area (Å²) >= 11 is 0. The first-order valence-corrected chi connectivity index (χ1v) is 10.2. The first-order valence-electron chi connectivity index (χ1n) is 10.2. The van der Waals surface area contributed by atoms with E-state index in [-0.39, 0.29) is 23.7 Å². The van der Waals surface area contributed by atoms with E-state index in [1.807, 2.05) is 24.3 Å². The molecule has 0 fully saturated rings. The molecule has 0 heterocycles. The molecule has 0 bridgehead atoms. The van der Waals surface area contributed by atoms with Crippen molar-refractivity contribution >= 4 is 5.97 Å². The van der Waals surface area contributed by atoms with Gasteiger partial charge in [0, 0.05) is 0 Å². The third-order valence-electron chi connectivity index (χ3n) is 4.78. The predicted octanol–water partition coefficient (Wildman–Crippen LogP) is 7.06. The summed E-state index contributed by atoms with van der Waals surface area (Å²) in [4.78, 5) is 12.4. The SMILES string of the molecule is CCOc1ccc(OC(=O)c2ccc(-c3ccc(CCC=C(C)F)cc3)cc2)c(F)c1F. The number of hydrogen-bond donors (Lipinski definition) is 0. The standard InChI is InChI=1S/C26H23F3O3/c1-3-31-22-15-16-23(25(29)24(22)28)32-26(30)21-13-11-20(12-14-21)19-9-7-18(8-10-19)6-4-5-17(2)27/h5,7-16H,3-4,6H2,1-2H3. The van der Waals surface area contributed by atoms with Crippen LogP contribution < -0.4 is 9.47 Å². The zero-order valence-corrected chi connectivity index (χ0v) is 17.8. The first kappa shape index (κ1) is 23.1. The average Bonchev–Trinajstić information content (AvgIpc) is 2.79. The second kappa shape index (κ2) is 10.7. The second-order valence-corrected chi connectivity index (χ2v) is 7.12. The van der Waals surface area contributed by atoms with E-state index in [0.29, 0.717) is 6.42 Å². The molecule has 0 aliphatic heterocycles. The van der Waals surface area contributed by atoms with Gasteiger partial charge in [-0.25, -0.2) is 9.18 Å². The van der Waals surface area contributed by atoms with Crippen LogP contribution in [0.1, 0.15) is 36.2 Å². The Morgan fingerprint density at radius 1 is 0.875 bits per heavy atom. The molecule has 0 N–H and O–H groups in total. The number of carbonyl (C=O) groups is 1. The molecule has 0 spiro atoms. The van der Waals surface area contributed by atoms with E-state index in [2.05, 4.69) is 0 Å². The highest BCUT2D eigenvalue weighted by atomic mass is 19.2. The number of carbonyl (C=O) groups excluding carboxylic acids is 1. The van der Waals surface area contributed by atoms with E-state index < -0.39 is 23.4 Å². The number of ether oxygens (including phenoxy) is 2. The molecular formula is C26H23F3O3. The lowest BCUT2D eigenvalue weighted by Gasteiger charge is -2.10. The van der Waals surface area contributed by atoms with Crippen LogP contribution in [-0.2, 0) is 6.42 Å². The topological polar surface area (TPSA) is 35.5 Å². The van der Waals surface area contributed by atoms with Crippen LogP contribution in [0.4, 0.5) is 13.2 Å². The minimum absolute atomic E-state index is 0.181. The number of allylic oxidation sites excluding steroid dienone is 2. The highest BCUT2D eigenvalue weighted by Crippen LogP contribution is 2.28. The number of aryl methyl sites for hydroxylation is 1. The summed E-state index contributed by atoms with van der Waals surface area (Å²) in [7, 11) is 0. The van der Waals surface area contributed by atoms with E-state index in [9.17, 15) is 18.0 Å². The second-order valence-electron chi connectivity index (χ2n) is 7.12. The molecule has 3 aromatic carbocycles. The van der Waals surface area contributed by atoms with Crippen LogP contribution in [0.2, 0.25) is 0 Å². The monoisotopic (exact) mass is 440 g/mol. The Morgan fingerprint density at radius 2 is 1.44 bits per heavy atom. The van der Waals surface area contributed by atoms with Gasteiger partial charge < -0.3 is 9.47 Å². The molecule has 0 unspecified atom stereocenters. The summed E-state index contributed by atoms with van der Waals surface area (Å²) in [6.45, 7) is 3.26. The lowest BCUT2D eigenvalue weighted by Crippen LogP contribution is -2.10. The number of esters is 1. The number of hydrogen-bond acceptors (Lipinski definition) is 3. The molecule has 32 heavy (non-hydrogen) atoms. The lowest BCUT2D eigenvalue weighted by atomic mass is 10.0. The summed E-state index contributed by atoms with van der Waals surface area (Å²) in [5.41, 5.74) is 3.12. The van der Waals surface area contributed by atoms with Crippen LogP contribution in [0.5, 0.6) is 11.5 Å². The van der Waals surface area contributed by atoms with Crippen molar-refractivity contribution in [3.8, 4) is 22.6 Å². The van der Waals surface area contributed by atoms with Gasteiger partial charge in [-0.05, 0) is 67.6 Å². The fourth-order valence-corrected chi connectivity index (χ4v) is 3.12. The normalized spacial score (nSPS) is 11.3. The largest absolute Gasteiger partial charge is 0.491 e. The predicted molar refractivity (Wildman–Crippen MR) is 118 cm³/mol. The highest BCUT2D eigenvalue weighted by molar-refractivity contribution is 5.91.